The fourth-order valence-electron chi connectivity index (χ4n) is 2.66. The maximum Gasteiger partial charge on any atom is 0.339 e. The molecular formula is C22H14ClN3O6S. The van der Waals surface area contributed by atoms with Crippen molar-refractivity contribution in [1.29, 1.82) is 5.26 Å². The molecule has 3 rings (SSSR count). The molecule has 0 saturated carbocycles. The van der Waals surface area contributed by atoms with Gasteiger partial charge in [0.15, 0.2) is 0 Å². The monoisotopic (exact) mass is 483 g/mol. The molecule has 0 aromatic heterocycles. The van der Waals surface area contributed by atoms with Gasteiger partial charge in [0.2, 0.25) is 0 Å². The molecule has 0 fully saturated rings. The number of non-ortho nitro benzene ring substituents is 1. The number of hydrogen-bond donors (Lipinski definition) is 1. The second-order valence-corrected chi connectivity index (χ2v) is 8.45. The molecule has 11 heteroatoms. The SMILES string of the molecule is N#C/C(=C\c1cc(Cl)ccc1OS(=O)(=O)c1ccccc1)C(=O)Nc1cccc([N+](=O)[O-])c1. The third-order valence-electron chi connectivity index (χ3n) is 4.18. The van der Waals surface area contributed by atoms with Gasteiger partial charge in [0.25, 0.3) is 11.6 Å². The van der Waals surface area contributed by atoms with Gasteiger partial charge in [-0.2, -0.15) is 13.7 Å². The zero-order valence-corrected chi connectivity index (χ0v) is 18.2. The summed E-state index contributed by atoms with van der Waals surface area (Å²) in [4.78, 5) is 22.8. The van der Waals surface area contributed by atoms with Crippen molar-refractivity contribution in [3.05, 3.63) is 99.1 Å². The molecule has 9 nitrogen and oxygen atoms in total. The van der Waals surface area contributed by atoms with Crippen molar-refractivity contribution in [2.75, 3.05) is 5.32 Å². The van der Waals surface area contributed by atoms with E-state index in [4.69, 9.17) is 15.8 Å². The molecule has 0 radical (unpaired) electrons. The van der Waals surface area contributed by atoms with Crippen molar-refractivity contribution >= 4 is 45.1 Å². The highest BCUT2D eigenvalue weighted by Gasteiger charge is 2.19. The standard InChI is InChI=1S/C22H14ClN3O6S/c23-17-9-10-21(32-33(30,31)20-7-2-1-3-8-20)15(12-17)11-16(14-24)22(27)25-18-5-4-6-19(13-18)26(28)29/h1-13H,(H,25,27)/b16-11+. The van der Waals surface area contributed by atoms with Crippen LogP contribution in [0.25, 0.3) is 6.08 Å². The molecule has 0 spiro atoms. The second kappa shape index (κ2) is 9.95. The Morgan fingerprint density at radius 3 is 2.48 bits per heavy atom. The first-order valence-electron chi connectivity index (χ1n) is 9.16. The number of amides is 1. The van der Waals surface area contributed by atoms with Crippen molar-refractivity contribution < 1.29 is 22.3 Å². The van der Waals surface area contributed by atoms with Gasteiger partial charge in [-0.3, -0.25) is 14.9 Å². The summed E-state index contributed by atoms with van der Waals surface area (Å²) in [5.74, 6) is -1.02. The third-order valence-corrected chi connectivity index (χ3v) is 5.67. The van der Waals surface area contributed by atoms with Crippen molar-refractivity contribution in [1.82, 2.24) is 0 Å². The summed E-state index contributed by atoms with van der Waals surface area (Å²) in [5, 5.41) is 23.0. The topological polar surface area (TPSA) is 139 Å². The van der Waals surface area contributed by atoms with Gasteiger partial charge >= 0.3 is 10.1 Å². The Morgan fingerprint density at radius 2 is 1.82 bits per heavy atom. The Kier molecular flexibility index (Phi) is 7.07. The summed E-state index contributed by atoms with van der Waals surface area (Å²) >= 11 is 6.01. The summed E-state index contributed by atoms with van der Waals surface area (Å²) in [7, 11) is -4.19. The molecule has 0 aliphatic rings. The summed E-state index contributed by atoms with van der Waals surface area (Å²) in [6.45, 7) is 0. The minimum atomic E-state index is -4.19. The minimum Gasteiger partial charge on any atom is -0.378 e. The number of nitrogens with one attached hydrogen (secondary N) is 1. The molecule has 0 aliphatic heterocycles. The molecule has 0 heterocycles. The van der Waals surface area contributed by atoms with E-state index in [1.807, 2.05) is 0 Å². The molecule has 33 heavy (non-hydrogen) atoms. The van der Waals surface area contributed by atoms with E-state index in [1.54, 1.807) is 12.1 Å². The van der Waals surface area contributed by atoms with Gasteiger partial charge < -0.3 is 9.50 Å². The van der Waals surface area contributed by atoms with E-state index in [9.17, 15) is 28.6 Å². The van der Waals surface area contributed by atoms with Crippen LogP contribution in [0.2, 0.25) is 5.02 Å². The highest BCUT2D eigenvalue weighted by Crippen LogP contribution is 2.28. The number of hydrogen-bond acceptors (Lipinski definition) is 7. The van der Waals surface area contributed by atoms with E-state index in [1.165, 1.54) is 60.7 Å². The van der Waals surface area contributed by atoms with Crippen LogP contribution >= 0.6 is 11.6 Å². The van der Waals surface area contributed by atoms with Crippen LogP contribution in [-0.2, 0) is 14.9 Å². The van der Waals surface area contributed by atoms with Gasteiger partial charge in [-0.15, -0.1) is 0 Å². The number of halogens is 1. The van der Waals surface area contributed by atoms with Gasteiger partial charge in [-0.25, -0.2) is 0 Å². The van der Waals surface area contributed by atoms with Crippen LogP contribution in [0.1, 0.15) is 5.56 Å². The average molecular weight is 484 g/mol. The Labute approximate surface area is 193 Å². The van der Waals surface area contributed by atoms with Gasteiger partial charge in [0, 0.05) is 28.4 Å². The quantitative estimate of drug-likeness (QED) is 0.171. The number of benzene rings is 3. The molecule has 3 aromatic carbocycles. The average Bonchev–Trinajstić information content (AvgIpc) is 2.79. The number of nitrogens with zero attached hydrogens (tertiary/aromatic N) is 2. The molecule has 0 bridgehead atoms. The lowest BCUT2D eigenvalue weighted by Gasteiger charge is -2.11. The second-order valence-electron chi connectivity index (χ2n) is 6.46. The van der Waals surface area contributed by atoms with Crippen LogP contribution in [0.4, 0.5) is 11.4 Å². The van der Waals surface area contributed by atoms with Crippen LogP contribution < -0.4 is 9.50 Å². The van der Waals surface area contributed by atoms with Crippen LogP contribution in [-0.4, -0.2) is 19.2 Å². The first-order valence-corrected chi connectivity index (χ1v) is 10.9. The van der Waals surface area contributed by atoms with Crippen molar-refractivity contribution in [3.63, 3.8) is 0 Å². The van der Waals surface area contributed by atoms with Crippen LogP contribution in [0.15, 0.2) is 83.3 Å². The lowest BCUT2D eigenvalue weighted by Crippen LogP contribution is -2.14. The summed E-state index contributed by atoms with van der Waals surface area (Å²) in [5.41, 5.74) is -0.491. The molecule has 3 aromatic rings. The zero-order valence-electron chi connectivity index (χ0n) is 16.6. The summed E-state index contributed by atoms with van der Waals surface area (Å²) in [6, 6.07) is 18.3. The number of rotatable bonds is 7. The van der Waals surface area contributed by atoms with E-state index >= 15 is 0 Å². The first-order chi connectivity index (χ1) is 15.7. The minimum absolute atomic E-state index is 0.0627. The van der Waals surface area contributed by atoms with Crippen LogP contribution in [0, 0.1) is 21.4 Å². The smallest absolute Gasteiger partial charge is 0.339 e. The van der Waals surface area contributed by atoms with Crippen molar-refractivity contribution in [3.8, 4) is 11.8 Å². The van der Waals surface area contributed by atoms with Crippen LogP contribution in [0.3, 0.4) is 0 Å². The van der Waals surface area contributed by atoms with E-state index in [2.05, 4.69) is 5.32 Å². The predicted molar refractivity (Wildman–Crippen MR) is 121 cm³/mol. The Morgan fingerprint density at radius 1 is 1.09 bits per heavy atom. The number of carbonyl (C=O) groups excluding carboxylic acids is 1. The maximum absolute atomic E-state index is 12.6. The molecule has 1 N–H and O–H groups in total. The van der Waals surface area contributed by atoms with Gasteiger partial charge in [-0.05, 0) is 42.5 Å². The molecule has 0 unspecified atom stereocenters. The van der Waals surface area contributed by atoms with E-state index < -0.39 is 26.5 Å². The summed E-state index contributed by atoms with van der Waals surface area (Å²) in [6.07, 6.45) is 1.11. The number of anilines is 1. The largest absolute Gasteiger partial charge is 0.378 e. The highest BCUT2D eigenvalue weighted by atomic mass is 35.5. The fourth-order valence-corrected chi connectivity index (χ4v) is 3.82. The number of carbonyl (C=O) groups is 1. The molecule has 1 amide bonds. The summed E-state index contributed by atoms with van der Waals surface area (Å²) < 4.78 is 30.4. The van der Waals surface area contributed by atoms with Gasteiger partial charge in [0.05, 0.1) is 4.92 Å². The van der Waals surface area contributed by atoms with Gasteiger partial charge in [0.1, 0.15) is 22.3 Å². The lowest BCUT2D eigenvalue weighted by atomic mass is 10.1. The van der Waals surface area contributed by atoms with E-state index in [0.29, 0.717) is 0 Å². The molecule has 0 saturated heterocycles. The normalized spacial score (nSPS) is 11.3. The first kappa shape index (κ1) is 23.5. The van der Waals surface area contributed by atoms with Crippen LogP contribution in [0.5, 0.6) is 5.75 Å². The maximum atomic E-state index is 12.6. The molecule has 0 atom stereocenters. The van der Waals surface area contributed by atoms with E-state index in [0.717, 1.165) is 12.1 Å². The predicted octanol–water partition coefficient (Wildman–Crippen LogP) is 4.56. The van der Waals surface area contributed by atoms with Crippen molar-refractivity contribution in [2.24, 2.45) is 0 Å². The van der Waals surface area contributed by atoms with Gasteiger partial charge in [-0.1, -0.05) is 35.9 Å². The molecule has 166 valence electrons. The Bertz CT molecular complexity index is 1400. The molecule has 0 aliphatic carbocycles. The lowest BCUT2D eigenvalue weighted by molar-refractivity contribution is -0.384. The number of nitro groups is 1. The Balaban J connectivity index is 1.93. The molecular weight excluding hydrogens is 470 g/mol. The number of nitro benzene ring substituents is 1. The highest BCUT2D eigenvalue weighted by molar-refractivity contribution is 7.87. The van der Waals surface area contributed by atoms with E-state index in [-0.39, 0.29) is 32.6 Å². The fraction of sp³-hybridized carbons (Fsp3) is 0. The number of nitriles is 1. The third kappa shape index (κ3) is 5.94. The Hall–Kier alpha value is -4.20. The zero-order chi connectivity index (χ0) is 24.0. The van der Waals surface area contributed by atoms with Crippen molar-refractivity contribution in [2.45, 2.75) is 4.90 Å².